The Morgan fingerprint density at radius 2 is 2.09 bits per heavy atom. The van der Waals surface area contributed by atoms with Gasteiger partial charge in [-0.1, -0.05) is 22.0 Å². The van der Waals surface area contributed by atoms with Crippen molar-refractivity contribution in [2.24, 2.45) is 0 Å². The zero-order valence-corrected chi connectivity index (χ0v) is 14.3. The highest BCUT2D eigenvalue weighted by atomic mass is 79.9. The molecule has 1 heterocycles. The maximum absolute atomic E-state index is 12.6. The Bertz CT molecular complexity index is 863. The first-order chi connectivity index (χ1) is 10.6. The molecular weight excluding hydrogens is 366 g/mol. The molecular formula is C15H12BrN3O2S. The van der Waals surface area contributed by atoms with Gasteiger partial charge in [-0.2, -0.15) is 8.75 Å². The van der Waals surface area contributed by atoms with E-state index in [1.807, 2.05) is 25.1 Å². The minimum absolute atomic E-state index is 0.248. The summed E-state index contributed by atoms with van der Waals surface area (Å²) >= 11 is 4.50. The molecule has 0 unspecified atom stereocenters. The third kappa shape index (κ3) is 2.69. The van der Waals surface area contributed by atoms with Crippen LogP contribution in [-0.2, 0) is 0 Å². The normalized spacial score (nSPS) is 10.7. The van der Waals surface area contributed by atoms with Crippen molar-refractivity contribution in [3.63, 3.8) is 0 Å². The van der Waals surface area contributed by atoms with Gasteiger partial charge in [0, 0.05) is 4.47 Å². The summed E-state index contributed by atoms with van der Waals surface area (Å²) < 4.78 is 14.5. The van der Waals surface area contributed by atoms with Crippen LogP contribution in [0.25, 0.3) is 11.0 Å². The van der Waals surface area contributed by atoms with Crippen LogP contribution in [0.15, 0.2) is 34.8 Å². The van der Waals surface area contributed by atoms with Gasteiger partial charge >= 0.3 is 0 Å². The molecule has 22 heavy (non-hydrogen) atoms. The predicted molar refractivity (Wildman–Crippen MR) is 90.8 cm³/mol. The van der Waals surface area contributed by atoms with Gasteiger partial charge in [0.2, 0.25) is 0 Å². The molecule has 3 aromatic rings. The number of hydrogen-bond acceptors (Lipinski definition) is 5. The number of amides is 1. The highest BCUT2D eigenvalue weighted by Gasteiger charge is 2.16. The molecule has 0 saturated carbocycles. The van der Waals surface area contributed by atoms with Crippen molar-refractivity contribution < 1.29 is 9.53 Å². The van der Waals surface area contributed by atoms with Crippen molar-refractivity contribution in [1.29, 1.82) is 0 Å². The molecule has 0 aliphatic heterocycles. The average Bonchev–Trinajstić information content (AvgIpc) is 2.98. The maximum Gasteiger partial charge on any atom is 0.259 e. The number of halogens is 1. The number of benzene rings is 2. The number of nitrogens with zero attached hydrogens (tertiary/aromatic N) is 2. The Morgan fingerprint density at radius 3 is 2.86 bits per heavy atom. The molecule has 1 N–H and O–H groups in total. The lowest BCUT2D eigenvalue weighted by molar-refractivity contribution is 0.102. The number of fused-ring (bicyclic) bond motifs is 1. The smallest absolute Gasteiger partial charge is 0.259 e. The van der Waals surface area contributed by atoms with Gasteiger partial charge in [0.15, 0.2) is 0 Å². The summed E-state index contributed by atoms with van der Waals surface area (Å²) in [5.74, 6) is 0.267. The molecule has 7 heteroatoms. The fourth-order valence-electron chi connectivity index (χ4n) is 2.15. The van der Waals surface area contributed by atoms with Crippen LogP contribution in [0.4, 0.5) is 5.69 Å². The molecule has 1 aromatic heterocycles. The Hall–Kier alpha value is -1.99. The van der Waals surface area contributed by atoms with Crippen LogP contribution in [0.3, 0.4) is 0 Å². The number of rotatable bonds is 3. The molecule has 112 valence electrons. The van der Waals surface area contributed by atoms with E-state index in [0.717, 1.165) is 27.3 Å². The van der Waals surface area contributed by atoms with Crippen molar-refractivity contribution >= 4 is 50.3 Å². The number of methoxy groups -OCH3 is 1. The lowest BCUT2D eigenvalue weighted by atomic mass is 10.1. The van der Waals surface area contributed by atoms with E-state index in [0.29, 0.717) is 22.5 Å². The molecule has 3 rings (SSSR count). The lowest BCUT2D eigenvalue weighted by Crippen LogP contribution is -2.14. The third-order valence-electron chi connectivity index (χ3n) is 3.28. The molecule has 5 nitrogen and oxygen atoms in total. The van der Waals surface area contributed by atoms with Crippen molar-refractivity contribution in [1.82, 2.24) is 8.75 Å². The molecule has 0 radical (unpaired) electrons. The monoisotopic (exact) mass is 377 g/mol. The van der Waals surface area contributed by atoms with Crippen LogP contribution in [0.5, 0.6) is 5.75 Å². The molecule has 0 aliphatic rings. The fraction of sp³-hybridized carbons (Fsp3) is 0.133. The van der Waals surface area contributed by atoms with Crippen LogP contribution in [0.1, 0.15) is 15.9 Å². The van der Waals surface area contributed by atoms with Gasteiger partial charge in [0.05, 0.1) is 30.1 Å². The van der Waals surface area contributed by atoms with Crippen molar-refractivity contribution in [3.05, 3.63) is 45.9 Å². The van der Waals surface area contributed by atoms with E-state index in [4.69, 9.17) is 4.74 Å². The Kier molecular flexibility index (Phi) is 4.08. The van der Waals surface area contributed by atoms with Crippen LogP contribution >= 0.6 is 27.7 Å². The van der Waals surface area contributed by atoms with Crippen LogP contribution < -0.4 is 10.1 Å². The molecule has 0 fully saturated rings. The molecule has 0 atom stereocenters. The highest BCUT2D eigenvalue weighted by Crippen LogP contribution is 2.28. The Morgan fingerprint density at radius 1 is 1.27 bits per heavy atom. The number of nitrogens with one attached hydrogen (secondary N) is 1. The summed E-state index contributed by atoms with van der Waals surface area (Å²) in [6.07, 6.45) is 0. The number of carbonyl (C=O) groups excluding carboxylic acids is 1. The molecule has 1 amide bonds. The molecule has 0 bridgehead atoms. The van der Waals surface area contributed by atoms with E-state index in [-0.39, 0.29) is 5.91 Å². The van der Waals surface area contributed by atoms with E-state index in [2.05, 4.69) is 30.0 Å². The van der Waals surface area contributed by atoms with Gasteiger partial charge in [0.1, 0.15) is 16.8 Å². The largest absolute Gasteiger partial charge is 0.496 e. The second kappa shape index (κ2) is 6.02. The quantitative estimate of drug-likeness (QED) is 0.748. The van der Waals surface area contributed by atoms with E-state index in [9.17, 15) is 4.79 Å². The number of anilines is 1. The van der Waals surface area contributed by atoms with Gasteiger partial charge in [-0.15, -0.1) is 0 Å². The lowest BCUT2D eigenvalue weighted by Gasteiger charge is -2.11. The Labute approximate surface area is 139 Å². The van der Waals surface area contributed by atoms with Crippen LogP contribution in [0, 0.1) is 6.92 Å². The second-order valence-electron chi connectivity index (χ2n) is 4.69. The standard InChI is InChI=1S/C15H12BrN3O2S/c1-8-3-5-11-14(19-22-18-11)13(8)17-15(20)10-7-9(16)4-6-12(10)21-2/h3-7H,1-2H3,(H,17,20). The summed E-state index contributed by atoms with van der Waals surface area (Å²) in [7, 11) is 1.54. The first-order valence-electron chi connectivity index (χ1n) is 6.47. The zero-order chi connectivity index (χ0) is 15.7. The number of ether oxygens (including phenoxy) is 1. The van der Waals surface area contributed by atoms with Crippen LogP contribution in [-0.4, -0.2) is 21.8 Å². The second-order valence-corrected chi connectivity index (χ2v) is 6.13. The number of aromatic nitrogens is 2. The Balaban J connectivity index is 2.02. The van der Waals surface area contributed by atoms with Crippen LogP contribution in [0.2, 0.25) is 0 Å². The van der Waals surface area contributed by atoms with Gasteiger partial charge < -0.3 is 10.1 Å². The van der Waals surface area contributed by atoms with Gasteiger partial charge in [-0.05, 0) is 36.8 Å². The molecule has 0 saturated heterocycles. The van der Waals surface area contributed by atoms with Gasteiger partial charge in [-0.25, -0.2) is 0 Å². The third-order valence-corrected chi connectivity index (χ3v) is 4.32. The highest BCUT2D eigenvalue weighted by molar-refractivity contribution is 9.10. The first-order valence-corrected chi connectivity index (χ1v) is 7.99. The van der Waals surface area contributed by atoms with Gasteiger partial charge in [0.25, 0.3) is 5.91 Å². The van der Waals surface area contributed by atoms with Crippen molar-refractivity contribution in [2.45, 2.75) is 6.92 Å². The van der Waals surface area contributed by atoms with Gasteiger partial charge in [-0.3, -0.25) is 4.79 Å². The van der Waals surface area contributed by atoms with E-state index >= 15 is 0 Å². The fourth-order valence-corrected chi connectivity index (χ4v) is 3.05. The summed E-state index contributed by atoms with van der Waals surface area (Å²) in [6, 6.07) is 9.10. The minimum atomic E-state index is -0.248. The number of hydrogen-bond donors (Lipinski definition) is 1. The summed E-state index contributed by atoms with van der Waals surface area (Å²) in [6.45, 7) is 1.92. The van der Waals surface area contributed by atoms with Crippen molar-refractivity contribution in [2.75, 3.05) is 12.4 Å². The van der Waals surface area contributed by atoms with E-state index < -0.39 is 0 Å². The number of aryl methyl sites for hydroxylation is 1. The average molecular weight is 378 g/mol. The summed E-state index contributed by atoms with van der Waals surface area (Å²) in [4.78, 5) is 12.6. The zero-order valence-electron chi connectivity index (χ0n) is 11.9. The maximum atomic E-state index is 12.6. The predicted octanol–water partition coefficient (Wildman–Crippen LogP) is 4.02. The number of carbonyl (C=O) groups is 1. The SMILES string of the molecule is COc1ccc(Br)cc1C(=O)Nc1c(C)ccc2nsnc12. The van der Waals surface area contributed by atoms with Crippen molar-refractivity contribution in [3.8, 4) is 5.75 Å². The summed E-state index contributed by atoms with van der Waals surface area (Å²) in [5, 5.41) is 2.92. The van der Waals surface area contributed by atoms with E-state index in [1.165, 1.54) is 7.11 Å². The summed E-state index contributed by atoms with van der Waals surface area (Å²) in [5.41, 5.74) is 3.54. The van der Waals surface area contributed by atoms with E-state index in [1.54, 1.807) is 12.1 Å². The molecule has 2 aromatic carbocycles. The minimum Gasteiger partial charge on any atom is -0.496 e. The molecule has 0 spiro atoms. The molecule has 0 aliphatic carbocycles. The first kappa shape index (κ1) is 14.9. The topological polar surface area (TPSA) is 64.1 Å².